The molecule has 2 aromatic rings. The monoisotopic (exact) mass is 326 g/mol. The number of hydrogen-bond acceptors (Lipinski definition) is 3. The van der Waals surface area contributed by atoms with Crippen LogP contribution >= 0.6 is 0 Å². The summed E-state index contributed by atoms with van der Waals surface area (Å²) in [5.74, 6) is -0.598. The summed E-state index contributed by atoms with van der Waals surface area (Å²) in [6.45, 7) is 1.60. The van der Waals surface area contributed by atoms with Crippen LogP contribution in [0.1, 0.15) is 18.5 Å². The van der Waals surface area contributed by atoms with Crippen LogP contribution in [0.15, 0.2) is 59.9 Å². The number of urea groups is 1. The lowest BCUT2D eigenvalue weighted by atomic mass is 9.94. The summed E-state index contributed by atoms with van der Waals surface area (Å²) in [5.41, 5.74) is 0.809. The summed E-state index contributed by atoms with van der Waals surface area (Å²) in [6, 6.07) is 9.74. The molecule has 6 nitrogen and oxygen atoms in total. The zero-order valence-corrected chi connectivity index (χ0v) is 12.8. The molecule has 0 radical (unpaired) electrons. The van der Waals surface area contributed by atoms with Gasteiger partial charge in [0, 0.05) is 17.5 Å². The number of benzene rings is 1. The quantitative estimate of drug-likeness (QED) is 0.810. The Hall–Kier alpha value is -3.22. The van der Waals surface area contributed by atoms with Gasteiger partial charge >= 0.3 is 6.03 Å². The third-order valence-electron chi connectivity index (χ3n) is 3.64. The Morgan fingerprint density at radius 3 is 2.67 bits per heavy atom. The van der Waals surface area contributed by atoms with Crippen molar-refractivity contribution in [3.8, 4) is 0 Å². The van der Waals surface area contributed by atoms with Crippen LogP contribution in [0.5, 0.6) is 0 Å². The zero-order chi connectivity index (χ0) is 17.1. The second-order valence-electron chi connectivity index (χ2n) is 5.26. The van der Waals surface area contributed by atoms with E-state index in [1.165, 1.54) is 12.1 Å². The van der Waals surface area contributed by atoms with Gasteiger partial charge < -0.3 is 16.0 Å². The Balaban J connectivity index is 1.98. The molecule has 1 aromatic carbocycles. The second kappa shape index (κ2) is 6.49. The highest BCUT2D eigenvalue weighted by Gasteiger charge is 2.32. The van der Waals surface area contributed by atoms with E-state index < -0.39 is 23.8 Å². The number of aromatic nitrogens is 1. The lowest BCUT2D eigenvalue weighted by Gasteiger charge is -2.28. The average molecular weight is 326 g/mol. The van der Waals surface area contributed by atoms with E-state index in [-0.39, 0.29) is 11.1 Å². The maximum Gasteiger partial charge on any atom is 0.319 e. The lowest BCUT2D eigenvalue weighted by molar-refractivity contribution is -0.113. The molecular weight excluding hydrogens is 311 g/mol. The van der Waals surface area contributed by atoms with Crippen molar-refractivity contribution < 1.29 is 14.0 Å². The van der Waals surface area contributed by atoms with Crippen molar-refractivity contribution >= 4 is 17.8 Å². The van der Waals surface area contributed by atoms with Crippen LogP contribution < -0.4 is 16.0 Å². The third kappa shape index (κ3) is 3.10. The van der Waals surface area contributed by atoms with Gasteiger partial charge in [-0.2, -0.15) is 0 Å². The number of anilines is 1. The predicted molar refractivity (Wildman–Crippen MR) is 86.4 cm³/mol. The Morgan fingerprint density at radius 2 is 1.96 bits per heavy atom. The van der Waals surface area contributed by atoms with Gasteiger partial charge in [-0.1, -0.05) is 24.3 Å². The van der Waals surface area contributed by atoms with E-state index in [9.17, 15) is 14.0 Å². The molecule has 1 atom stereocenters. The number of carbonyl (C=O) groups excluding carboxylic acids is 2. The van der Waals surface area contributed by atoms with Crippen LogP contribution in [0.3, 0.4) is 0 Å². The summed E-state index contributed by atoms with van der Waals surface area (Å²) in [4.78, 5) is 28.5. The highest BCUT2D eigenvalue weighted by atomic mass is 19.1. The van der Waals surface area contributed by atoms with E-state index in [0.29, 0.717) is 11.5 Å². The molecule has 1 aromatic heterocycles. The molecule has 7 heteroatoms. The fraction of sp³-hybridized carbons (Fsp3) is 0.118. The van der Waals surface area contributed by atoms with Crippen LogP contribution in [-0.2, 0) is 4.79 Å². The molecule has 0 spiro atoms. The number of nitrogens with zero attached hydrogens (tertiary/aromatic N) is 1. The highest BCUT2D eigenvalue weighted by Crippen LogP contribution is 2.29. The maximum absolute atomic E-state index is 14.2. The van der Waals surface area contributed by atoms with E-state index >= 15 is 0 Å². The first-order chi connectivity index (χ1) is 11.6. The standard InChI is InChI=1S/C17H15FN4O2/c1-10-14(16(23)21-13-8-4-5-9-19-13)15(22-17(24)20-10)11-6-2-3-7-12(11)18/h2-9,15H,1H3,(H,19,21,23)(H2,20,22,24). The molecule has 1 aliphatic rings. The van der Waals surface area contributed by atoms with Crippen molar-refractivity contribution in [1.82, 2.24) is 15.6 Å². The Morgan fingerprint density at radius 1 is 1.21 bits per heavy atom. The Bertz CT molecular complexity index is 820. The largest absolute Gasteiger partial charge is 0.327 e. The van der Waals surface area contributed by atoms with E-state index in [4.69, 9.17) is 0 Å². The van der Waals surface area contributed by atoms with E-state index in [2.05, 4.69) is 20.9 Å². The zero-order valence-electron chi connectivity index (χ0n) is 12.8. The molecule has 3 N–H and O–H groups in total. The van der Waals surface area contributed by atoms with Crippen molar-refractivity contribution in [3.63, 3.8) is 0 Å². The van der Waals surface area contributed by atoms with Gasteiger partial charge in [0.15, 0.2) is 0 Å². The molecule has 0 aliphatic carbocycles. The van der Waals surface area contributed by atoms with Gasteiger partial charge in [0.25, 0.3) is 5.91 Å². The van der Waals surface area contributed by atoms with Crippen LogP contribution in [0.25, 0.3) is 0 Å². The van der Waals surface area contributed by atoms with Crippen molar-refractivity contribution in [1.29, 1.82) is 0 Å². The Labute approximate surface area is 137 Å². The number of nitrogens with one attached hydrogen (secondary N) is 3. The molecule has 2 heterocycles. The SMILES string of the molecule is CC1=C(C(=O)Nc2ccccn2)C(c2ccccc2F)NC(=O)N1. The van der Waals surface area contributed by atoms with Gasteiger partial charge in [0.05, 0.1) is 11.6 Å². The highest BCUT2D eigenvalue weighted by molar-refractivity contribution is 6.06. The molecule has 0 bridgehead atoms. The number of rotatable bonds is 3. The van der Waals surface area contributed by atoms with Gasteiger partial charge in [-0.3, -0.25) is 4.79 Å². The number of amides is 3. The number of halogens is 1. The smallest absolute Gasteiger partial charge is 0.319 e. The van der Waals surface area contributed by atoms with Crippen LogP contribution in [0.4, 0.5) is 15.0 Å². The minimum absolute atomic E-state index is 0.220. The van der Waals surface area contributed by atoms with Crippen molar-refractivity contribution in [2.45, 2.75) is 13.0 Å². The van der Waals surface area contributed by atoms with Gasteiger partial charge in [0.2, 0.25) is 0 Å². The predicted octanol–water partition coefficient (Wildman–Crippen LogP) is 2.49. The first-order valence-electron chi connectivity index (χ1n) is 7.31. The van der Waals surface area contributed by atoms with Gasteiger partial charge in [-0.25, -0.2) is 14.2 Å². The molecule has 3 rings (SSSR count). The molecule has 0 fully saturated rings. The molecule has 1 unspecified atom stereocenters. The molecule has 0 saturated carbocycles. The number of allylic oxidation sites excluding steroid dienone is 1. The molecular formula is C17H15FN4O2. The summed E-state index contributed by atoms with van der Waals surface area (Å²) >= 11 is 0. The third-order valence-corrected chi connectivity index (χ3v) is 3.64. The summed E-state index contributed by atoms with van der Waals surface area (Å²) < 4.78 is 14.2. The molecule has 1 aliphatic heterocycles. The first-order valence-corrected chi connectivity index (χ1v) is 7.31. The maximum atomic E-state index is 14.2. The van der Waals surface area contributed by atoms with Crippen LogP contribution in [-0.4, -0.2) is 16.9 Å². The molecule has 24 heavy (non-hydrogen) atoms. The lowest BCUT2D eigenvalue weighted by Crippen LogP contribution is -2.46. The van der Waals surface area contributed by atoms with Gasteiger partial charge in [-0.15, -0.1) is 0 Å². The summed E-state index contributed by atoms with van der Waals surface area (Å²) in [7, 11) is 0. The van der Waals surface area contributed by atoms with E-state index in [0.717, 1.165) is 0 Å². The summed E-state index contributed by atoms with van der Waals surface area (Å²) in [5, 5.41) is 7.79. The van der Waals surface area contributed by atoms with E-state index in [1.807, 2.05) is 0 Å². The molecule has 3 amide bonds. The van der Waals surface area contributed by atoms with Crippen LogP contribution in [0, 0.1) is 5.82 Å². The fourth-order valence-corrected chi connectivity index (χ4v) is 2.56. The minimum Gasteiger partial charge on any atom is -0.327 e. The first kappa shape index (κ1) is 15.7. The average Bonchev–Trinajstić information content (AvgIpc) is 2.55. The van der Waals surface area contributed by atoms with Crippen LogP contribution in [0.2, 0.25) is 0 Å². The van der Waals surface area contributed by atoms with Crippen molar-refractivity contribution in [2.24, 2.45) is 0 Å². The number of carbonyl (C=O) groups is 2. The topological polar surface area (TPSA) is 83.1 Å². The normalized spacial score (nSPS) is 17.1. The van der Waals surface area contributed by atoms with Crippen molar-refractivity contribution in [2.75, 3.05) is 5.32 Å². The summed E-state index contributed by atoms with van der Waals surface area (Å²) in [6.07, 6.45) is 1.55. The Kier molecular flexibility index (Phi) is 4.24. The fourth-order valence-electron chi connectivity index (χ4n) is 2.56. The number of pyridine rings is 1. The van der Waals surface area contributed by atoms with Gasteiger partial charge in [-0.05, 0) is 25.1 Å². The minimum atomic E-state index is -0.885. The number of hydrogen-bond donors (Lipinski definition) is 3. The van der Waals surface area contributed by atoms with E-state index in [1.54, 1.807) is 43.5 Å². The molecule has 0 saturated heterocycles. The van der Waals surface area contributed by atoms with Crippen molar-refractivity contribution in [3.05, 3.63) is 71.3 Å². The second-order valence-corrected chi connectivity index (χ2v) is 5.26. The van der Waals surface area contributed by atoms with Gasteiger partial charge in [0.1, 0.15) is 11.6 Å². The molecule has 122 valence electrons.